The van der Waals surface area contributed by atoms with Crippen LogP contribution in [0.25, 0.3) is 0 Å². The Morgan fingerprint density at radius 2 is 2.33 bits per heavy atom. The molecule has 0 unspecified atom stereocenters. The van der Waals surface area contributed by atoms with Crippen LogP contribution >= 0.6 is 27.3 Å². The lowest BCUT2D eigenvalue weighted by Gasteiger charge is -2.23. The van der Waals surface area contributed by atoms with Crippen LogP contribution in [-0.4, -0.2) is 43.2 Å². The summed E-state index contributed by atoms with van der Waals surface area (Å²) in [5.74, 6) is -0.578. The van der Waals surface area contributed by atoms with Crippen LogP contribution in [0.15, 0.2) is 15.9 Å². The third-order valence-electron chi connectivity index (χ3n) is 2.95. The van der Waals surface area contributed by atoms with Crippen molar-refractivity contribution in [1.82, 2.24) is 10.4 Å². The number of ether oxygens (including phenoxy) is 1. The van der Waals surface area contributed by atoms with Gasteiger partial charge in [0, 0.05) is 20.1 Å². The van der Waals surface area contributed by atoms with Crippen molar-refractivity contribution < 1.29 is 19.2 Å². The van der Waals surface area contributed by atoms with Gasteiger partial charge in [-0.25, -0.2) is 10.3 Å². The number of carbonyl (C=O) groups excluding carboxylic acids is 2. The van der Waals surface area contributed by atoms with Crippen LogP contribution in [0.5, 0.6) is 0 Å². The average molecular weight is 377 g/mol. The minimum atomic E-state index is -0.392. The zero-order valence-corrected chi connectivity index (χ0v) is 14.0. The van der Waals surface area contributed by atoms with Crippen LogP contribution in [0.4, 0.5) is 0 Å². The Morgan fingerprint density at radius 1 is 1.52 bits per heavy atom. The van der Waals surface area contributed by atoms with E-state index in [2.05, 4.69) is 21.4 Å². The third-order valence-corrected chi connectivity index (χ3v) is 4.57. The van der Waals surface area contributed by atoms with Gasteiger partial charge in [-0.1, -0.05) is 0 Å². The molecule has 2 amide bonds. The molecule has 1 saturated heterocycles. The van der Waals surface area contributed by atoms with Crippen molar-refractivity contribution >= 4 is 39.1 Å². The number of hydrogen-bond acceptors (Lipinski definition) is 5. The number of hydroxylamine groups is 1. The van der Waals surface area contributed by atoms with Gasteiger partial charge in [0.25, 0.3) is 11.8 Å². The lowest BCUT2D eigenvalue weighted by molar-refractivity contribution is -0.200. The number of nitrogens with zero attached hydrogens (tertiary/aromatic N) is 1. The number of carbonyl (C=O) groups is 2. The zero-order chi connectivity index (χ0) is 15.2. The molecule has 8 heteroatoms. The molecule has 1 fully saturated rings. The van der Waals surface area contributed by atoms with Gasteiger partial charge in [-0.3, -0.25) is 9.59 Å². The first-order valence-electron chi connectivity index (χ1n) is 6.63. The van der Waals surface area contributed by atoms with Gasteiger partial charge in [0.2, 0.25) is 0 Å². The number of halogens is 1. The van der Waals surface area contributed by atoms with Crippen LogP contribution in [0.2, 0.25) is 0 Å². The minimum absolute atomic E-state index is 0.0684. The van der Waals surface area contributed by atoms with Gasteiger partial charge in [-0.05, 0) is 40.9 Å². The van der Waals surface area contributed by atoms with Gasteiger partial charge < -0.3 is 9.64 Å². The van der Waals surface area contributed by atoms with E-state index in [0.717, 1.165) is 23.0 Å². The molecule has 0 radical (unpaired) electrons. The molecule has 0 saturated carbocycles. The fourth-order valence-electron chi connectivity index (χ4n) is 1.87. The van der Waals surface area contributed by atoms with E-state index >= 15 is 0 Å². The summed E-state index contributed by atoms with van der Waals surface area (Å²) >= 11 is 4.63. The van der Waals surface area contributed by atoms with Crippen molar-refractivity contribution in [2.45, 2.75) is 25.6 Å². The summed E-state index contributed by atoms with van der Waals surface area (Å²) in [5, 5.41) is 0. The number of nitrogens with one attached hydrogen (secondary N) is 1. The summed E-state index contributed by atoms with van der Waals surface area (Å²) < 4.78 is 6.21. The molecule has 0 aliphatic carbocycles. The Kier molecular flexibility index (Phi) is 6.16. The molecule has 0 bridgehead atoms. The Bertz CT molecular complexity index is 502. The summed E-state index contributed by atoms with van der Waals surface area (Å²) in [7, 11) is 1.58. The lowest BCUT2D eigenvalue weighted by Crippen LogP contribution is -2.40. The zero-order valence-electron chi connectivity index (χ0n) is 11.6. The molecule has 1 aromatic rings. The predicted octanol–water partition coefficient (Wildman–Crippen LogP) is 2.16. The highest BCUT2D eigenvalue weighted by Crippen LogP contribution is 2.22. The first-order valence-corrected chi connectivity index (χ1v) is 8.24. The highest BCUT2D eigenvalue weighted by Gasteiger charge is 2.19. The molecule has 1 aromatic heterocycles. The topological polar surface area (TPSA) is 67.9 Å². The highest BCUT2D eigenvalue weighted by molar-refractivity contribution is 9.11. The molecule has 0 spiro atoms. The molecule has 1 atom stereocenters. The summed E-state index contributed by atoms with van der Waals surface area (Å²) in [6, 6.07) is 3.52. The second kappa shape index (κ2) is 7.88. The lowest BCUT2D eigenvalue weighted by atomic mass is 10.2. The third kappa shape index (κ3) is 5.06. The first kappa shape index (κ1) is 16.4. The van der Waals surface area contributed by atoms with E-state index in [1.54, 1.807) is 19.2 Å². The molecular weight excluding hydrogens is 360 g/mol. The molecule has 116 valence electrons. The molecule has 1 aliphatic rings. The van der Waals surface area contributed by atoms with Gasteiger partial charge in [-0.15, -0.1) is 11.3 Å². The monoisotopic (exact) mass is 376 g/mol. The van der Waals surface area contributed by atoms with Crippen molar-refractivity contribution in [2.75, 3.05) is 20.2 Å². The molecule has 1 aliphatic heterocycles. The van der Waals surface area contributed by atoms with Crippen LogP contribution in [-0.2, 0) is 14.4 Å². The second-order valence-electron chi connectivity index (χ2n) is 4.70. The first-order chi connectivity index (χ1) is 10.1. The fraction of sp³-hybridized carbons (Fsp3) is 0.538. The number of hydrogen-bond donors (Lipinski definition) is 1. The minimum Gasteiger partial charge on any atom is -0.350 e. The summed E-state index contributed by atoms with van der Waals surface area (Å²) in [4.78, 5) is 30.9. The Morgan fingerprint density at radius 3 is 2.95 bits per heavy atom. The van der Waals surface area contributed by atoms with Crippen LogP contribution < -0.4 is 5.48 Å². The second-order valence-corrected chi connectivity index (χ2v) is 7.17. The van der Waals surface area contributed by atoms with Crippen molar-refractivity contribution in [1.29, 1.82) is 0 Å². The highest BCUT2D eigenvalue weighted by atomic mass is 79.9. The average Bonchev–Trinajstić information content (AvgIpc) is 2.92. The Labute approximate surface area is 135 Å². The van der Waals surface area contributed by atoms with Crippen LogP contribution in [0, 0.1) is 0 Å². The van der Waals surface area contributed by atoms with E-state index in [0.29, 0.717) is 11.5 Å². The van der Waals surface area contributed by atoms with Gasteiger partial charge in [-0.2, -0.15) is 0 Å². The van der Waals surface area contributed by atoms with E-state index in [9.17, 15) is 9.59 Å². The maximum absolute atomic E-state index is 12.1. The number of thiophene rings is 1. The van der Waals surface area contributed by atoms with Crippen molar-refractivity contribution in [3.63, 3.8) is 0 Å². The maximum Gasteiger partial charge on any atom is 0.264 e. The standard InChI is InChI=1S/C13H17BrN2O4S/c1-16(13(18)9-5-6-10(14)21-9)8-11(17)15-20-12-4-2-3-7-19-12/h5-6,12H,2-4,7-8H2,1H3,(H,15,17)/t12-/m1/s1. The van der Waals surface area contributed by atoms with E-state index in [4.69, 9.17) is 9.57 Å². The van der Waals surface area contributed by atoms with Crippen LogP contribution in [0.3, 0.4) is 0 Å². The molecular formula is C13H17BrN2O4S. The van der Waals surface area contributed by atoms with E-state index in [1.807, 2.05) is 0 Å². The number of amides is 2. The van der Waals surface area contributed by atoms with Crippen molar-refractivity contribution in [3.05, 3.63) is 20.8 Å². The quantitative estimate of drug-likeness (QED) is 0.799. The smallest absolute Gasteiger partial charge is 0.264 e. The van der Waals surface area contributed by atoms with E-state index in [1.165, 1.54) is 16.2 Å². The van der Waals surface area contributed by atoms with Gasteiger partial charge >= 0.3 is 0 Å². The van der Waals surface area contributed by atoms with E-state index < -0.39 is 6.29 Å². The predicted molar refractivity (Wildman–Crippen MR) is 81.8 cm³/mol. The fourth-order valence-corrected chi connectivity index (χ4v) is 3.25. The van der Waals surface area contributed by atoms with Gasteiger partial charge in [0.1, 0.15) is 6.54 Å². The largest absolute Gasteiger partial charge is 0.350 e. The van der Waals surface area contributed by atoms with Gasteiger partial charge in [0.15, 0.2) is 6.29 Å². The maximum atomic E-state index is 12.1. The van der Waals surface area contributed by atoms with Crippen molar-refractivity contribution in [2.24, 2.45) is 0 Å². The Balaban J connectivity index is 1.74. The molecule has 2 rings (SSSR count). The molecule has 6 nitrogen and oxygen atoms in total. The molecule has 21 heavy (non-hydrogen) atoms. The summed E-state index contributed by atoms with van der Waals surface area (Å²) in [5.41, 5.74) is 2.33. The Hall–Kier alpha value is -0.960. The number of likely N-dealkylation sites (N-methyl/N-ethyl adjacent to an activating group) is 1. The van der Waals surface area contributed by atoms with Gasteiger partial charge in [0.05, 0.1) is 8.66 Å². The molecule has 1 N–H and O–H groups in total. The van der Waals surface area contributed by atoms with Crippen LogP contribution in [0.1, 0.15) is 28.9 Å². The van der Waals surface area contributed by atoms with Crippen molar-refractivity contribution in [3.8, 4) is 0 Å². The summed E-state index contributed by atoms with van der Waals surface area (Å²) in [6.07, 6.45) is 2.41. The SMILES string of the molecule is CN(CC(=O)NO[C@@H]1CCCCO1)C(=O)c1ccc(Br)s1. The number of rotatable bonds is 5. The molecule has 0 aromatic carbocycles. The van der Waals surface area contributed by atoms with E-state index in [-0.39, 0.29) is 18.4 Å². The molecule has 2 heterocycles. The normalized spacial score (nSPS) is 18.3. The summed E-state index contributed by atoms with van der Waals surface area (Å²) in [6.45, 7) is 0.577.